The maximum atomic E-state index is 13.2. The van der Waals surface area contributed by atoms with Gasteiger partial charge in [-0.15, -0.1) is 0 Å². The number of hydrogen-bond donors (Lipinski definition) is 1. The molecule has 0 unspecified atom stereocenters. The number of amides is 1. The number of rotatable bonds is 6. The van der Waals surface area contributed by atoms with E-state index in [0.717, 1.165) is 6.07 Å². The van der Waals surface area contributed by atoms with Crippen LogP contribution in [0.1, 0.15) is 21.9 Å². The zero-order chi connectivity index (χ0) is 24.5. The van der Waals surface area contributed by atoms with E-state index in [-0.39, 0.29) is 41.1 Å². The second kappa shape index (κ2) is 9.55. The molecule has 0 aliphatic carbocycles. The molecule has 0 radical (unpaired) electrons. The fourth-order valence-corrected chi connectivity index (χ4v) is 3.92. The number of nitrogens with two attached hydrogens (primary N) is 1. The highest BCUT2D eigenvalue weighted by atomic mass is 19.4. The monoisotopic (exact) mass is 481 g/mol. The summed E-state index contributed by atoms with van der Waals surface area (Å²) >= 11 is 0. The molecule has 34 heavy (non-hydrogen) atoms. The highest BCUT2D eigenvalue weighted by Gasteiger charge is 2.33. The van der Waals surface area contributed by atoms with Gasteiger partial charge in [-0.3, -0.25) is 9.69 Å². The number of alkyl halides is 4. The van der Waals surface area contributed by atoms with E-state index in [9.17, 15) is 22.4 Å². The van der Waals surface area contributed by atoms with Crippen molar-refractivity contribution in [1.82, 2.24) is 19.8 Å². The van der Waals surface area contributed by atoms with Crippen LogP contribution in [0, 0.1) is 0 Å². The number of piperazine rings is 1. The van der Waals surface area contributed by atoms with Crippen LogP contribution in [-0.4, -0.2) is 72.2 Å². The predicted molar refractivity (Wildman–Crippen MR) is 115 cm³/mol. The Kier molecular flexibility index (Phi) is 6.71. The van der Waals surface area contributed by atoms with Gasteiger partial charge in [0.25, 0.3) is 5.91 Å². The van der Waals surface area contributed by atoms with E-state index in [1.807, 2.05) is 4.90 Å². The number of methoxy groups -OCH3 is 1. The molecule has 2 aromatic heterocycles. The molecule has 0 atom stereocenters. The van der Waals surface area contributed by atoms with Crippen LogP contribution in [0.2, 0.25) is 0 Å². The van der Waals surface area contributed by atoms with Gasteiger partial charge in [-0.2, -0.15) is 13.2 Å². The normalized spacial score (nSPS) is 15.2. The largest absolute Gasteiger partial charge is 0.494 e. The number of carbonyl (C=O) groups excluding carboxylic acids is 1. The lowest BCUT2D eigenvalue weighted by Gasteiger charge is -2.33. The van der Waals surface area contributed by atoms with Crippen LogP contribution in [0.25, 0.3) is 22.4 Å². The standard InChI is InChI=1S/C22H23F4N5O3/c1-33-15-4-2-14(13-3-5-17(22(24,25)26)28-18(13)15)20-29-19(16(12-27)34-20)21(32)31-10-8-30(7-6-23)9-11-31/h2-5H,6-12,27H2,1H3. The van der Waals surface area contributed by atoms with Crippen molar-refractivity contribution in [3.63, 3.8) is 0 Å². The molecular formula is C22H23F4N5O3. The van der Waals surface area contributed by atoms with Gasteiger partial charge in [0.1, 0.15) is 23.6 Å². The fraction of sp³-hybridized carbons (Fsp3) is 0.409. The van der Waals surface area contributed by atoms with Crippen LogP contribution in [0.3, 0.4) is 0 Å². The number of ether oxygens (including phenoxy) is 1. The average molecular weight is 481 g/mol. The summed E-state index contributed by atoms with van der Waals surface area (Å²) in [5.41, 5.74) is 5.10. The van der Waals surface area contributed by atoms with E-state index in [1.165, 1.54) is 19.2 Å². The van der Waals surface area contributed by atoms with Crippen molar-refractivity contribution in [2.24, 2.45) is 5.73 Å². The highest BCUT2D eigenvalue weighted by Crippen LogP contribution is 2.37. The molecule has 2 N–H and O–H groups in total. The molecule has 1 aliphatic rings. The first kappa shape index (κ1) is 23.9. The summed E-state index contributed by atoms with van der Waals surface area (Å²) < 4.78 is 63.1. The Morgan fingerprint density at radius 1 is 1.15 bits per heavy atom. The summed E-state index contributed by atoms with van der Waals surface area (Å²) in [7, 11) is 1.33. The van der Waals surface area contributed by atoms with Crippen molar-refractivity contribution in [2.45, 2.75) is 12.7 Å². The van der Waals surface area contributed by atoms with Gasteiger partial charge in [0, 0.05) is 43.7 Å². The van der Waals surface area contributed by atoms with Gasteiger partial charge in [0.2, 0.25) is 5.89 Å². The summed E-state index contributed by atoms with van der Waals surface area (Å²) in [6.07, 6.45) is -4.63. The molecule has 4 rings (SSSR count). The Hall–Kier alpha value is -3.25. The second-order valence-electron chi connectivity index (χ2n) is 7.72. The third-order valence-corrected chi connectivity index (χ3v) is 5.71. The van der Waals surface area contributed by atoms with Crippen LogP contribution in [0.5, 0.6) is 5.75 Å². The van der Waals surface area contributed by atoms with Crippen LogP contribution < -0.4 is 10.5 Å². The van der Waals surface area contributed by atoms with Crippen LogP contribution >= 0.6 is 0 Å². The zero-order valence-electron chi connectivity index (χ0n) is 18.4. The lowest BCUT2D eigenvalue weighted by molar-refractivity contribution is -0.140. The van der Waals surface area contributed by atoms with Gasteiger partial charge in [0.15, 0.2) is 11.5 Å². The van der Waals surface area contributed by atoms with Gasteiger partial charge in [-0.1, -0.05) is 0 Å². The maximum Gasteiger partial charge on any atom is 0.433 e. The molecule has 1 fully saturated rings. The van der Waals surface area contributed by atoms with E-state index < -0.39 is 18.5 Å². The van der Waals surface area contributed by atoms with E-state index in [2.05, 4.69) is 9.97 Å². The third kappa shape index (κ3) is 4.55. The zero-order valence-corrected chi connectivity index (χ0v) is 18.4. The average Bonchev–Trinajstić information content (AvgIpc) is 3.27. The first-order valence-electron chi connectivity index (χ1n) is 10.6. The molecule has 0 saturated carbocycles. The Bertz CT molecular complexity index is 1190. The minimum absolute atomic E-state index is 0.0146. The van der Waals surface area contributed by atoms with Crippen molar-refractivity contribution >= 4 is 16.8 Å². The number of carbonyl (C=O) groups is 1. The molecule has 12 heteroatoms. The first-order chi connectivity index (χ1) is 16.3. The Morgan fingerprint density at radius 3 is 2.50 bits per heavy atom. The number of aromatic nitrogens is 2. The predicted octanol–water partition coefficient (Wildman–Crippen LogP) is 3.10. The molecule has 1 aromatic carbocycles. The quantitative estimate of drug-likeness (QED) is 0.541. The number of oxazole rings is 1. The first-order valence-corrected chi connectivity index (χ1v) is 10.6. The number of benzene rings is 1. The SMILES string of the molecule is COc1ccc(-c2nc(C(=O)N3CCN(CCF)CC3)c(CN)o2)c2ccc(C(F)(F)F)nc12. The van der Waals surface area contributed by atoms with Crippen molar-refractivity contribution in [3.8, 4) is 17.2 Å². The summed E-state index contributed by atoms with van der Waals surface area (Å²) in [5, 5.41) is 0.316. The van der Waals surface area contributed by atoms with E-state index in [0.29, 0.717) is 43.7 Å². The van der Waals surface area contributed by atoms with E-state index in [4.69, 9.17) is 14.9 Å². The van der Waals surface area contributed by atoms with Gasteiger partial charge >= 0.3 is 6.18 Å². The lowest BCUT2D eigenvalue weighted by Crippen LogP contribution is -2.49. The van der Waals surface area contributed by atoms with Crippen LogP contribution in [0.15, 0.2) is 28.7 Å². The topological polar surface area (TPSA) is 97.7 Å². The molecule has 182 valence electrons. The second-order valence-corrected chi connectivity index (χ2v) is 7.72. The molecule has 3 heterocycles. The van der Waals surface area contributed by atoms with Crippen molar-refractivity contribution in [3.05, 3.63) is 41.4 Å². The van der Waals surface area contributed by atoms with Crippen molar-refractivity contribution in [2.75, 3.05) is 46.5 Å². The fourth-order valence-electron chi connectivity index (χ4n) is 3.92. The molecule has 1 aliphatic heterocycles. The van der Waals surface area contributed by atoms with Crippen LogP contribution in [0.4, 0.5) is 17.6 Å². The summed E-state index contributed by atoms with van der Waals surface area (Å²) in [4.78, 5) is 24.7. The van der Waals surface area contributed by atoms with Gasteiger partial charge < -0.3 is 19.8 Å². The number of hydrogen-bond acceptors (Lipinski definition) is 7. The number of fused-ring (bicyclic) bond motifs is 1. The van der Waals surface area contributed by atoms with E-state index in [1.54, 1.807) is 11.0 Å². The van der Waals surface area contributed by atoms with Crippen molar-refractivity contribution in [1.29, 1.82) is 0 Å². The molecule has 1 amide bonds. The Balaban J connectivity index is 1.71. The molecular weight excluding hydrogens is 458 g/mol. The Morgan fingerprint density at radius 2 is 1.88 bits per heavy atom. The maximum absolute atomic E-state index is 13.2. The molecule has 3 aromatic rings. The summed E-state index contributed by atoms with van der Waals surface area (Å²) in [6.45, 7) is 1.65. The van der Waals surface area contributed by atoms with Gasteiger partial charge in [-0.25, -0.2) is 14.4 Å². The smallest absolute Gasteiger partial charge is 0.433 e. The third-order valence-electron chi connectivity index (χ3n) is 5.71. The molecule has 0 bridgehead atoms. The summed E-state index contributed by atoms with van der Waals surface area (Å²) in [6, 6.07) is 5.16. The van der Waals surface area contributed by atoms with Gasteiger partial charge in [-0.05, 0) is 24.3 Å². The van der Waals surface area contributed by atoms with Gasteiger partial charge in [0.05, 0.1) is 13.7 Å². The molecule has 1 saturated heterocycles. The number of pyridine rings is 1. The van der Waals surface area contributed by atoms with Crippen molar-refractivity contribution < 1.29 is 31.5 Å². The van der Waals surface area contributed by atoms with Crippen LogP contribution in [-0.2, 0) is 12.7 Å². The Labute approximate surface area is 192 Å². The highest BCUT2D eigenvalue weighted by molar-refractivity contribution is 5.98. The number of halogens is 4. The molecule has 0 spiro atoms. The minimum atomic E-state index is -4.63. The summed E-state index contributed by atoms with van der Waals surface area (Å²) in [5.74, 6) is -0.0207. The molecule has 8 nitrogen and oxygen atoms in total. The minimum Gasteiger partial charge on any atom is -0.494 e. The lowest BCUT2D eigenvalue weighted by atomic mass is 10.1. The number of nitrogens with zero attached hydrogens (tertiary/aromatic N) is 4. The van der Waals surface area contributed by atoms with E-state index >= 15 is 0 Å².